The average molecular weight is 488 g/mol. The summed E-state index contributed by atoms with van der Waals surface area (Å²) in [6, 6.07) is 2.09. The number of anilines is 2. The van der Waals surface area contributed by atoms with Crippen LogP contribution in [-0.2, 0) is 40.6 Å². The van der Waals surface area contributed by atoms with Gasteiger partial charge in [-0.2, -0.15) is 18.0 Å². The fraction of sp³-hybridized carbons (Fsp3) is 0.522. The van der Waals surface area contributed by atoms with Crippen LogP contribution in [0.3, 0.4) is 0 Å². The number of aryl methyl sites for hydroxylation is 3. The smallest absolute Gasteiger partial charge is 0.436 e. The number of amides is 2. The molecule has 1 aromatic carbocycles. The summed E-state index contributed by atoms with van der Waals surface area (Å²) in [7, 11) is -4.69. The van der Waals surface area contributed by atoms with Gasteiger partial charge in [-0.05, 0) is 92.2 Å². The fourth-order valence-electron chi connectivity index (χ4n) is 5.32. The Bertz CT molecular complexity index is 1180. The molecule has 34 heavy (non-hydrogen) atoms. The van der Waals surface area contributed by atoms with E-state index >= 15 is 0 Å². The Balaban J connectivity index is 1.47. The van der Waals surface area contributed by atoms with Crippen molar-refractivity contribution in [2.45, 2.75) is 64.3 Å². The molecule has 1 aromatic heterocycles. The normalized spacial score (nSPS) is 18.9. The van der Waals surface area contributed by atoms with Crippen LogP contribution in [0, 0.1) is 12.1 Å². The number of nitrogens with one attached hydrogen (secondary N) is 2. The van der Waals surface area contributed by atoms with Crippen LogP contribution < -0.4 is 14.1 Å². The van der Waals surface area contributed by atoms with Crippen LogP contribution in [0.5, 0.6) is 0 Å². The highest BCUT2D eigenvalue weighted by atomic mass is 32.2. The van der Waals surface area contributed by atoms with Crippen molar-refractivity contribution in [1.82, 2.24) is 10.2 Å². The largest absolute Gasteiger partial charge is 0.608 e. The van der Waals surface area contributed by atoms with Gasteiger partial charge in [0.15, 0.2) is 5.82 Å². The number of hydroxylamine groups is 1. The van der Waals surface area contributed by atoms with Crippen LogP contribution in [-0.4, -0.2) is 43.9 Å². The molecule has 5 rings (SSSR count). The SMILES string of the molecule is Cc1cnnc(N(C2CCOCC2)S(=O)(=O)[NH+]([O-])C(=O)Nc2c3c(cc4c2CCC4)CCC3)c1. The van der Waals surface area contributed by atoms with Crippen LogP contribution in [0.1, 0.15) is 53.5 Å². The highest BCUT2D eigenvalue weighted by Gasteiger charge is 2.41. The van der Waals surface area contributed by atoms with Crippen LogP contribution in [0.2, 0.25) is 0 Å². The molecule has 2 amide bonds. The number of nitrogens with zero attached hydrogens (tertiary/aromatic N) is 3. The number of hydrogen-bond donors (Lipinski definition) is 2. The summed E-state index contributed by atoms with van der Waals surface area (Å²) in [5, 5.41) is 23.7. The predicted octanol–water partition coefficient (Wildman–Crippen LogP) is 1.61. The third-order valence-electron chi connectivity index (χ3n) is 6.92. The van der Waals surface area contributed by atoms with E-state index in [0.29, 0.717) is 37.3 Å². The van der Waals surface area contributed by atoms with Crippen molar-refractivity contribution in [3.63, 3.8) is 0 Å². The first-order valence-corrected chi connectivity index (χ1v) is 13.2. The number of ether oxygens (including phenoxy) is 1. The van der Waals surface area contributed by atoms with Gasteiger partial charge in [0.2, 0.25) is 0 Å². The first kappa shape index (κ1) is 23.2. The number of fused-ring (bicyclic) bond motifs is 2. The lowest BCUT2D eigenvalue weighted by Gasteiger charge is -2.35. The van der Waals surface area contributed by atoms with Crippen molar-refractivity contribution < 1.29 is 22.4 Å². The maximum atomic E-state index is 13.5. The Labute approximate surface area is 199 Å². The van der Waals surface area contributed by atoms with Gasteiger partial charge in [-0.1, -0.05) is 6.07 Å². The lowest BCUT2D eigenvalue weighted by molar-refractivity contribution is -0.604. The van der Waals surface area contributed by atoms with E-state index < -0.39 is 26.8 Å². The van der Waals surface area contributed by atoms with Crippen molar-refractivity contribution in [3.05, 3.63) is 51.4 Å². The summed E-state index contributed by atoms with van der Waals surface area (Å²) in [6.45, 7) is 2.48. The lowest BCUT2D eigenvalue weighted by Crippen LogP contribution is -3.14. The number of aromatic nitrogens is 2. The zero-order chi connectivity index (χ0) is 23.9. The molecule has 2 aliphatic carbocycles. The van der Waals surface area contributed by atoms with Crippen LogP contribution >= 0.6 is 0 Å². The minimum absolute atomic E-state index is 0.0366. The van der Waals surface area contributed by atoms with E-state index in [1.165, 1.54) is 17.3 Å². The molecule has 2 N–H and O–H groups in total. The molecule has 1 atom stereocenters. The maximum absolute atomic E-state index is 13.5. The Kier molecular flexibility index (Phi) is 6.28. The van der Waals surface area contributed by atoms with Gasteiger partial charge in [0.05, 0.1) is 17.9 Å². The summed E-state index contributed by atoms with van der Waals surface area (Å²) in [5.74, 6) is 0.0366. The molecule has 3 aliphatic rings. The summed E-state index contributed by atoms with van der Waals surface area (Å²) >= 11 is 0. The second-order valence-electron chi connectivity index (χ2n) is 9.21. The molecular weight excluding hydrogens is 458 g/mol. The Hall–Kier alpha value is -2.60. The molecule has 0 bridgehead atoms. The molecule has 2 aromatic rings. The van der Waals surface area contributed by atoms with Crippen LogP contribution in [0.4, 0.5) is 16.3 Å². The van der Waals surface area contributed by atoms with Crippen molar-refractivity contribution >= 4 is 27.7 Å². The first-order valence-electron chi connectivity index (χ1n) is 11.8. The number of rotatable bonds is 5. The molecule has 1 unspecified atom stereocenters. The zero-order valence-corrected chi connectivity index (χ0v) is 20.0. The molecular formula is C23H29N5O5S. The second kappa shape index (κ2) is 9.21. The van der Waals surface area contributed by atoms with Crippen LogP contribution in [0.15, 0.2) is 18.3 Å². The number of quaternary nitrogens is 1. The van der Waals surface area contributed by atoms with Crippen LogP contribution in [0.25, 0.3) is 0 Å². The van der Waals surface area contributed by atoms with Gasteiger partial charge < -0.3 is 9.94 Å². The molecule has 11 heteroatoms. The number of hydrogen-bond acceptors (Lipinski definition) is 7. The van der Waals surface area contributed by atoms with Crippen molar-refractivity contribution in [3.8, 4) is 0 Å². The highest BCUT2D eigenvalue weighted by molar-refractivity contribution is 7.86. The third kappa shape index (κ3) is 4.17. The number of carbonyl (C=O) groups excluding carboxylic acids is 1. The number of carbonyl (C=O) groups is 1. The minimum Gasteiger partial charge on any atom is -0.608 e. The second-order valence-corrected chi connectivity index (χ2v) is 10.9. The molecule has 1 saturated heterocycles. The van der Waals surface area contributed by atoms with Crippen molar-refractivity contribution in [1.29, 1.82) is 0 Å². The molecule has 1 fully saturated rings. The van der Waals surface area contributed by atoms with Gasteiger partial charge >= 0.3 is 16.2 Å². The van der Waals surface area contributed by atoms with E-state index in [4.69, 9.17) is 4.74 Å². The molecule has 1 aliphatic heterocycles. The lowest BCUT2D eigenvalue weighted by atomic mass is 9.99. The van der Waals surface area contributed by atoms with E-state index in [-0.39, 0.29) is 5.82 Å². The topological polar surface area (TPSA) is 129 Å². The monoisotopic (exact) mass is 487 g/mol. The van der Waals surface area contributed by atoms with E-state index in [0.717, 1.165) is 54.0 Å². The Morgan fingerprint density at radius 3 is 2.38 bits per heavy atom. The predicted molar refractivity (Wildman–Crippen MR) is 126 cm³/mol. The van der Waals surface area contributed by atoms with Crippen molar-refractivity contribution in [2.75, 3.05) is 22.8 Å². The average Bonchev–Trinajstić information content (AvgIpc) is 3.48. The zero-order valence-electron chi connectivity index (χ0n) is 19.2. The standard InChI is InChI=1S/C23H29N5O5S/c1-15-12-21(26-24-14-15)27(18-8-10-33-11-9-18)34(31,32)28(30)23(29)25-22-19-6-2-4-16(19)13-17-5-3-7-20(17)22/h12-14,18,28H,2-11H2,1H3,(H,25,29). The third-order valence-corrected chi connectivity index (χ3v) is 8.57. The molecule has 0 spiro atoms. The molecule has 2 heterocycles. The molecule has 10 nitrogen and oxygen atoms in total. The minimum atomic E-state index is -4.69. The summed E-state index contributed by atoms with van der Waals surface area (Å²) in [6.07, 6.45) is 7.74. The Morgan fingerprint density at radius 2 is 1.76 bits per heavy atom. The number of urea groups is 1. The number of benzene rings is 1. The van der Waals surface area contributed by atoms with Gasteiger partial charge in [-0.25, -0.2) is 9.10 Å². The molecule has 0 saturated carbocycles. The Morgan fingerprint density at radius 1 is 1.12 bits per heavy atom. The summed E-state index contributed by atoms with van der Waals surface area (Å²) in [4.78, 5) is 13.1. The molecule has 182 valence electrons. The van der Waals surface area contributed by atoms with E-state index in [1.54, 1.807) is 13.0 Å². The quantitative estimate of drug-likeness (QED) is 0.613. The summed E-state index contributed by atoms with van der Waals surface area (Å²) < 4.78 is 32.0. The van der Waals surface area contributed by atoms with E-state index in [1.807, 2.05) is 0 Å². The van der Waals surface area contributed by atoms with Crippen molar-refractivity contribution in [2.24, 2.45) is 0 Å². The van der Waals surface area contributed by atoms with Gasteiger partial charge in [0.1, 0.15) is 0 Å². The highest BCUT2D eigenvalue weighted by Crippen LogP contribution is 2.38. The maximum Gasteiger partial charge on any atom is 0.436 e. The fourth-order valence-corrected chi connectivity index (χ4v) is 6.72. The van der Waals surface area contributed by atoms with Gasteiger partial charge in [-0.15, -0.1) is 5.10 Å². The first-order chi connectivity index (χ1) is 16.4. The summed E-state index contributed by atoms with van der Waals surface area (Å²) in [5.41, 5.74) is 5.78. The van der Waals surface area contributed by atoms with Gasteiger partial charge in [0.25, 0.3) is 0 Å². The molecule has 0 radical (unpaired) electrons. The van der Waals surface area contributed by atoms with Gasteiger partial charge in [-0.3, -0.25) is 5.32 Å². The van der Waals surface area contributed by atoms with E-state index in [9.17, 15) is 18.4 Å². The van der Waals surface area contributed by atoms with Gasteiger partial charge in [0, 0.05) is 13.2 Å². The van der Waals surface area contributed by atoms with E-state index in [2.05, 4.69) is 21.6 Å².